The van der Waals surface area contributed by atoms with Crippen LogP contribution < -0.4 is 9.80 Å². The molecule has 0 amide bonds. The predicted molar refractivity (Wildman–Crippen MR) is 431 cm³/mol. The molecule has 20 rings (SSSR count). The van der Waals surface area contributed by atoms with Crippen molar-refractivity contribution in [3.8, 4) is 45.0 Å². The number of aryl methyl sites for hydroxylation is 1. The summed E-state index contributed by atoms with van der Waals surface area (Å²) in [7, 11) is 0. The number of rotatable bonds is 12. The number of anilines is 6. The van der Waals surface area contributed by atoms with E-state index in [1.807, 2.05) is 24.8 Å². The Hall–Kier alpha value is -13.8. The number of hydrogen-bond acceptors (Lipinski definition) is 4. The summed E-state index contributed by atoms with van der Waals surface area (Å²) in [5.41, 5.74) is 26.6. The van der Waals surface area contributed by atoms with Gasteiger partial charge in [0.15, 0.2) is 0 Å². The summed E-state index contributed by atoms with van der Waals surface area (Å²) in [5.74, 6) is 0. The number of benzene rings is 14. The molecule has 8 nitrogen and oxygen atoms in total. The lowest BCUT2D eigenvalue weighted by Crippen LogP contribution is -2.10. The Kier molecular flexibility index (Phi) is 14.9. The van der Waals surface area contributed by atoms with Gasteiger partial charge < -0.3 is 28.1 Å². The first-order valence-corrected chi connectivity index (χ1v) is 35.0. The standard InChI is InChI=1S/C48H34N4.C47H32N4/c1-33-17-21-36(22-18-33)50(37-25-27-39(28-26-37)51-43-12-5-2-9-40(43)41-10-3-6-13-44(41)51)46-15-8-16-47-48(46)42-11-4-7-14-45(42)52(47)38-23-19-34(20-24-38)35-29-31-49-32-30-35;1-2-11-35(12-3-1)49(36-25-27-38(28-26-36)50-42-16-7-4-13-39(42)40-14-5-8-17-43(40)50)45-19-10-20-46-47(45)41-15-6-9-18-44(41)51(46)37-23-21-33(22-24-37)34-29-31-48-32-30-34/h2-32H,1H3;1-32H. The van der Waals surface area contributed by atoms with Gasteiger partial charge in [0.2, 0.25) is 0 Å². The molecule has 0 atom stereocenters. The van der Waals surface area contributed by atoms with E-state index in [0.717, 1.165) is 79.0 Å². The molecular weight excluding hydrogens is 1250 g/mol. The number of fused-ring (bicyclic) bond motifs is 12. The van der Waals surface area contributed by atoms with E-state index >= 15 is 0 Å². The van der Waals surface area contributed by atoms with Gasteiger partial charge in [0.1, 0.15) is 0 Å². The van der Waals surface area contributed by atoms with Crippen molar-refractivity contribution in [2.45, 2.75) is 6.92 Å². The van der Waals surface area contributed by atoms with E-state index in [0.29, 0.717) is 0 Å². The summed E-state index contributed by atoms with van der Waals surface area (Å²) in [6.07, 6.45) is 7.37. The van der Waals surface area contributed by atoms with Crippen LogP contribution in [0.15, 0.2) is 383 Å². The fourth-order valence-corrected chi connectivity index (χ4v) is 15.7. The van der Waals surface area contributed by atoms with Crippen LogP contribution in [0.5, 0.6) is 0 Å². The molecule has 0 bridgehead atoms. The SMILES string of the molecule is Cc1ccc(N(c2ccc(-n3c4ccccc4c4ccccc43)cc2)c2cccc3c2c2ccccc2n3-c2ccc(-c3ccncc3)cc2)cc1.c1ccc(N(c2ccc(-n3c4ccccc4c4ccccc43)cc2)c2cccc3c2c2ccccc2n3-c2ccc(-c3ccncc3)cc2)cc1. The Morgan fingerprint density at radius 3 is 0.806 bits per heavy atom. The van der Waals surface area contributed by atoms with Crippen molar-refractivity contribution in [2.24, 2.45) is 0 Å². The Balaban J connectivity index is 0.000000142. The summed E-state index contributed by atoms with van der Waals surface area (Å²) >= 11 is 0. The maximum absolute atomic E-state index is 4.20. The van der Waals surface area contributed by atoms with Gasteiger partial charge in [-0.25, -0.2) is 0 Å². The number of para-hydroxylation sites is 7. The molecule has 0 spiro atoms. The van der Waals surface area contributed by atoms with Gasteiger partial charge >= 0.3 is 0 Å². The first-order chi connectivity index (χ1) is 51.1. The van der Waals surface area contributed by atoms with Gasteiger partial charge in [-0.3, -0.25) is 9.97 Å². The lowest BCUT2D eigenvalue weighted by Gasteiger charge is -2.27. The van der Waals surface area contributed by atoms with E-state index in [1.54, 1.807) is 0 Å². The molecule has 0 N–H and O–H groups in total. The summed E-state index contributed by atoms with van der Waals surface area (Å²) in [5, 5.41) is 9.90. The Bertz CT molecular complexity index is 6410. The molecule has 0 aliphatic heterocycles. The molecule has 0 fully saturated rings. The van der Waals surface area contributed by atoms with Gasteiger partial charge in [0.05, 0.1) is 55.5 Å². The Labute approximate surface area is 596 Å². The molecule has 486 valence electrons. The lowest BCUT2D eigenvalue weighted by atomic mass is 10.1. The minimum absolute atomic E-state index is 1.09. The molecule has 103 heavy (non-hydrogen) atoms. The van der Waals surface area contributed by atoms with Crippen LogP contribution >= 0.6 is 0 Å². The van der Waals surface area contributed by atoms with E-state index in [1.165, 1.54) is 92.9 Å². The third kappa shape index (κ3) is 10.5. The van der Waals surface area contributed by atoms with Gasteiger partial charge in [-0.05, 0) is 211 Å². The first kappa shape index (κ1) is 60.4. The largest absolute Gasteiger partial charge is 0.310 e. The molecule has 0 radical (unpaired) electrons. The zero-order valence-electron chi connectivity index (χ0n) is 56.5. The molecule has 0 saturated carbocycles. The maximum atomic E-state index is 4.20. The maximum Gasteiger partial charge on any atom is 0.0562 e. The number of aromatic nitrogens is 6. The molecular formula is C95H66N8. The normalized spacial score (nSPS) is 11.5. The second-order valence-corrected chi connectivity index (χ2v) is 26.2. The second kappa shape index (κ2) is 25.5. The van der Waals surface area contributed by atoms with E-state index in [2.05, 4.69) is 403 Å². The van der Waals surface area contributed by atoms with E-state index in [4.69, 9.17) is 0 Å². The van der Waals surface area contributed by atoms with Gasteiger partial charge in [-0.15, -0.1) is 0 Å². The van der Waals surface area contributed by atoms with Crippen molar-refractivity contribution in [1.29, 1.82) is 0 Å². The fraction of sp³-hybridized carbons (Fsp3) is 0.0105. The van der Waals surface area contributed by atoms with Crippen LogP contribution in [0.2, 0.25) is 0 Å². The average Bonchev–Trinajstić information content (AvgIpc) is 1.58. The van der Waals surface area contributed by atoms with Gasteiger partial charge in [-0.1, -0.05) is 181 Å². The highest BCUT2D eigenvalue weighted by Crippen LogP contribution is 2.47. The molecule has 6 heterocycles. The van der Waals surface area contributed by atoms with Crippen molar-refractivity contribution in [2.75, 3.05) is 9.80 Å². The molecule has 14 aromatic carbocycles. The minimum atomic E-state index is 1.09. The van der Waals surface area contributed by atoms with Crippen molar-refractivity contribution >= 4 is 121 Å². The van der Waals surface area contributed by atoms with Crippen LogP contribution in [-0.4, -0.2) is 28.2 Å². The summed E-state index contributed by atoms with van der Waals surface area (Å²) in [6, 6.07) is 129. The van der Waals surface area contributed by atoms with Gasteiger partial charge in [0.25, 0.3) is 0 Å². The van der Waals surface area contributed by atoms with Crippen molar-refractivity contribution < 1.29 is 0 Å². The van der Waals surface area contributed by atoms with E-state index in [-0.39, 0.29) is 0 Å². The van der Waals surface area contributed by atoms with Gasteiger partial charge in [-0.2, -0.15) is 0 Å². The average molecular weight is 1320 g/mol. The highest BCUT2D eigenvalue weighted by molar-refractivity contribution is 6.18. The van der Waals surface area contributed by atoms with Crippen LogP contribution in [0.1, 0.15) is 5.56 Å². The third-order valence-electron chi connectivity index (χ3n) is 20.3. The highest BCUT2D eigenvalue weighted by Gasteiger charge is 2.25. The minimum Gasteiger partial charge on any atom is -0.310 e. The highest BCUT2D eigenvalue weighted by atomic mass is 15.2. The summed E-state index contributed by atoms with van der Waals surface area (Å²) < 4.78 is 9.52. The topological polar surface area (TPSA) is 52.0 Å². The van der Waals surface area contributed by atoms with Crippen LogP contribution in [0.25, 0.3) is 132 Å². The monoisotopic (exact) mass is 1320 g/mol. The molecule has 0 aliphatic rings. The molecule has 0 unspecified atom stereocenters. The first-order valence-electron chi connectivity index (χ1n) is 35.0. The van der Waals surface area contributed by atoms with E-state index < -0.39 is 0 Å². The Morgan fingerprint density at radius 1 is 0.204 bits per heavy atom. The van der Waals surface area contributed by atoms with Crippen molar-refractivity contribution in [3.05, 3.63) is 388 Å². The molecule has 0 saturated heterocycles. The van der Waals surface area contributed by atoms with Crippen LogP contribution in [-0.2, 0) is 0 Å². The van der Waals surface area contributed by atoms with E-state index in [9.17, 15) is 0 Å². The van der Waals surface area contributed by atoms with Gasteiger partial charge in [0, 0.05) is 113 Å². The summed E-state index contributed by atoms with van der Waals surface area (Å²) in [6.45, 7) is 2.14. The Morgan fingerprint density at radius 2 is 0.456 bits per heavy atom. The van der Waals surface area contributed by atoms with Crippen LogP contribution in [0, 0.1) is 6.92 Å². The molecule has 0 aliphatic carbocycles. The zero-order chi connectivity index (χ0) is 68.3. The van der Waals surface area contributed by atoms with Crippen LogP contribution in [0.4, 0.5) is 34.1 Å². The summed E-state index contributed by atoms with van der Waals surface area (Å²) in [4.78, 5) is 13.2. The molecule has 8 heteroatoms. The second-order valence-electron chi connectivity index (χ2n) is 26.2. The number of hydrogen-bond donors (Lipinski definition) is 0. The fourth-order valence-electron chi connectivity index (χ4n) is 15.7. The van der Waals surface area contributed by atoms with Crippen LogP contribution in [0.3, 0.4) is 0 Å². The zero-order valence-corrected chi connectivity index (χ0v) is 56.5. The predicted octanol–water partition coefficient (Wildman–Crippen LogP) is 25.1. The quantitative estimate of drug-likeness (QED) is 0.122. The number of nitrogens with zero attached hydrogens (tertiary/aromatic N) is 8. The number of pyridine rings is 2. The van der Waals surface area contributed by atoms with Crippen molar-refractivity contribution in [1.82, 2.24) is 28.2 Å². The molecule has 6 aromatic heterocycles. The lowest BCUT2D eigenvalue weighted by molar-refractivity contribution is 1.17. The third-order valence-corrected chi connectivity index (χ3v) is 20.3. The van der Waals surface area contributed by atoms with Crippen molar-refractivity contribution in [3.63, 3.8) is 0 Å². The molecule has 20 aromatic rings. The smallest absolute Gasteiger partial charge is 0.0562 e.